The minimum absolute atomic E-state index is 0.0856. The van der Waals surface area contributed by atoms with Gasteiger partial charge in [-0.15, -0.1) is 6.58 Å². The molecule has 0 radical (unpaired) electrons. The Hall–Kier alpha value is -3.61. The summed E-state index contributed by atoms with van der Waals surface area (Å²) in [6, 6.07) is 14.0. The average Bonchev–Trinajstić information content (AvgIpc) is 3.08. The molecule has 0 spiro atoms. The van der Waals surface area contributed by atoms with Crippen molar-refractivity contribution in [3.05, 3.63) is 72.3 Å². The smallest absolute Gasteiger partial charge is 0.407 e. The first-order chi connectivity index (χ1) is 14.9. The average molecular weight is 422 g/mol. The summed E-state index contributed by atoms with van der Waals surface area (Å²) in [5.74, 6) is -1.81. The molecule has 162 valence electrons. The summed E-state index contributed by atoms with van der Waals surface area (Å²) in [6.45, 7) is 5.15. The molecule has 3 rings (SSSR count). The zero-order valence-electron chi connectivity index (χ0n) is 17.3. The predicted molar refractivity (Wildman–Crippen MR) is 117 cm³/mol. The van der Waals surface area contributed by atoms with Gasteiger partial charge in [0.15, 0.2) is 0 Å². The number of ether oxygens (including phenoxy) is 1. The second kappa shape index (κ2) is 9.93. The molecule has 0 fully saturated rings. The molecule has 2 aromatic carbocycles. The monoisotopic (exact) mass is 422 g/mol. The highest BCUT2D eigenvalue weighted by Gasteiger charge is 2.29. The maximum atomic E-state index is 12.3. The number of allylic oxidation sites excluding steroid dienone is 1. The summed E-state index contributed by atoms with van der Waals surface area (Å²) < 4.78 is 5.42. The highest BCUT2D eigenvalue weighted by Crippen LogP contribution is 2.44. The van der Waals surface area contributed by atoms with Gasteiger partial charge in [0, 0.05) is 5.92 Å². The lowest BCUT2D eigenvalue weighted by Crippen LogP contribution is -2.50. The third-order valence-electron chi connectivity index (χ3n) is 5.35. The summed E-state index contributed by atoms with van der Waals surface area (Å²) in [4.78, 5) is 35.8. The van der Waals surface area contributed by atoms with Crippen molar-refractivity contribution in [3.63, 3.8) is 0 Å². The number of carbonyl (C=O) groups is 3. The molecule has 0 heterocycles. The van der Waals surface area contributed by atoms with Crippen LogP contribution < -0.4 is 10.6 Å². The van der Waals surface area contributed by atoms with Crippen molar-refractivity contribution in [2.75, 3.05) is 6.61 Å². The molecule has 0 aliphatic heterocycles. The van der Waals surface area contributed by atoms with E-state index in [9.17, 15) is 19.5 Å². The van der Waals surface area contributed by atoms with Crippen LogP contribution in [0.5, 0.6) is 0 Å². The molecule has 7 nitrogen and oxygen atoms in total. The predicted octanol–water partition coefficient (Wildman–Crippen LogP) is 3.45. The molecule has 2 atom stereocenters. The van der Waals surface area contributed by atoms with Crippen molar-refractivity contribution in [2.24, 2.45) is 0 Å². The number of aliphatic carboxylic acids is 1. The molecule has 2 amide bonds. The van der Waals surface area contributed by atoms with Crippen LogP contribution in [0.1, 0.15) is 36.8 Å². The van der Waals surface area contributed by atoms with E-state index in [0.29, 0.717) is 6.42 Å². The van der Waals surface area contributed by atoms with Gasteiger partial charge >= 0.3 is 12.1 Å². The van der Waals surface area contributed by atoms with Gasteiger partial charge in [0.1, 0.15) is 18.7 Å². The molecular weight excluding hydrogens is 396 g/mol. The Morgan fingerprint density at radius 1 is 1.06 bits per heavy atom. The molecular formula is C24H26N2O5. The van der Waals surface area contributed by atoms with E-state index >= 15 is 0 Å². The largest absolute Gasteiger partial charge is 0.480 e. The van der Waals surface area contributed by atoms with E-state index in [4.69, 9.17) is 4.74 Å². The number of carboxylic acid groups (broad SMARTS) is 1. The number of hydrogen-bond donors (Lipinski definition) is 3. The topological polar surface area (TPSA) is 105 Å². The zero-order chi connectivity index (χ0) is 22.4. The zero-order valence-corrected chi connectivity index (χ0v) is 17.3. The van der Waals surface area contributed by atoms with Gasteiger partial charge < -0.3 is 20.5 Å². The molecule has 0 saturated carbocycles. The minimum atomic E-state index is -1.14. The first-order valence-corrected chi connectivity index (χ1v) is 10.2. The summed E-state index contributed by atoms with van der Waals surface area (Å²) in [7, 11) is 0. The number of alkyl carbamates (subject to hydrolysis) is 1. The lowest BCUT2D eigenvalue weighted by atomic mass is 9.98. The second-order valence-electron chi connectivity index (χ2n) is 7.46. The van der Waals surface area contributed by atoms with Crippen LogP contribution >= 0.6 is 0 Å². The molecule has 3 N–H and O–H groups in total. The fourth-order valence-corrected chi connectivity index (χ4v) is 3.72. The van der Waals surface area contributed by atoms with Crippen LogP contribution in [0.3, 0.4) is 0 Å². The summed E-state index contributed by atoms with van der Waals surface area (Å²) in [5, 5.41) is 14.1. The van der Waals surface area contributed by atoms with E-state index in [-0.39, 0.29) is 18.9 Å². The first kappa shape index (κ1) is 22.1. The summed E-state index contributed by atoms with van der Waals surface area (Å²) in [6.07, 6.45) is 1.52. The van der Waals surface area contributed by atoms with Gasteiger partial charge in [-0.25, -0.2) is 9.59 Å². The van der Waals surface area contributed by atoms with Gasteiger partial charge in [-0.2, -0.15) is 0 Å². The van der Waals surface area contributed by atoms with E-state index in [0.717, 1.165) is 22.3 Å². The number of fused-ring (bicyclic) bond motifs is 3. The van der Waals surface area contributed by atoms with Crippen LogP contribution in [0.4, 0.5) is 4.79 Å². The highest BCUT2D eigenvalue weighted by atomic mass is 16.5. The molecule has 1 aliphatic rings. The van der Waals surface area contributed by atoms with Gasteiger partial charge in [-0.05, 0) is 42.0 Å². The third kappa shape index (κ3) is 5.12. The second-order valence-corrected chi connectivity index (χ2v) is 7.46. The summed E-state index contributed by atoms with van der Waals surface area (Å²) in [5.41, 5.74) is 4.43. The number of carbonyl (C=O) groups excluding carboxylic acids is 2. The molecule has 0 aromatic heterocycles. The van der Waals surface area contributed by atoms with Gasteiger partial charge in [0.2, 0.25) is 5.91 Å². The molecule has 31 heavy (non-hydrogen) atoms. The van der Waals surface area contributed by atoms with Crippen molar-refractivity contribution in [3.8, 4) is 11.1 Å². The van der Waals surface area contributed by atoms with Crippen molar-refractivity contribution in [1.29, 1.82) is 0 Å². The molecule has 2 aromatic rings. The fraction of sp³-hybridized carbons (Fsp3) is 0.292. The molecule has 2 unspecified atom stereocenters. The number of hydrogen-bond acceptors (Lipinski definition) is 4. The van der Waals surface area contributed by atoms with E-state index in [1.165, 1.54) is 6.92 Å². The van der Waals surface area contributed by atoms with E-state index < -0.39 is 30.1 Å². The lowest BCUT2D eigenvalue weighted by Gasteiger charge is -2.19. The van der Waals surface area contributed by atoms with E-state index in [2.05, 4.69) is 17.2 Å². The Bertz CT molecular complexity index is 942. The Kier molecular flexibility index (Phi) is 7.07. The maximum absolute atomic E-state index is 12.3. The number of benzene rings is 2. The Morgan fingerprint density at radius 3 is 2.19 bits per heavy atom. The lowest BCUT2D eigenvalue weighted by molar-refractivity contribution is -0.142. The first-order valence-electron chi connectivity index (χ1n) is 10.2. The molecule has 7 heteroatoms. The Morgan fingerprint density at radius 2 is 1.65 bits per heavy atom. The van der Waals surface area contributed by atoms with Crippen molar-refractivity contribution in [2.45, 2.75) is 37.8 Å². The summed E-state index contributed by atoms with van der Waals surface area (Å²) >= 11 is 0. The SMILES string of the molecule is C=CCCC(NC(=O)C(C)NC(=O)OCC1c2ccccc2-c2ccccc21)C(=O)O. The van der Waals surface area contributed by atoms with Crippen LogP contribution in [0.2, 0.25) is 0 Å². The van der Waals surface area contributed by atoms with Gasteiger partial charge in [0.25, 0.3) is 0 Å². The normalized spacial score (nSPS) is 14.0. The fourth-order valence-electron chi connectivity index (χ4n) is 3.72. The molecule has 1 aliphatic carbocycles. The standard InChI is InChI=1S/C24H26N2O5/c1-3-4-13-21(23(28)29)26-22(27)15(2)25-24(30)31-14-20-18-11-7-5-9-16(18)17-10-6-8-12-19(17)20/h3,5-12,15,20-21H,1,4,13-14H2,2H3,(H,25,30)(H,26,27)(H,28,29). The van der Waals surface area contributed by atoms with Gasteiger partial charge in [-0.3, -0.25) is 4.79 Å². The highest BCUT2D eigenvalue weighted by molar-refractivity contribution is 5.89. The van der Waals surface area contributed by atoms with E-state index in [1.54, 1.807) is 6.08 Å². The Labute approximate surface area is 181 Å². The molecule has 0 saturated heterocycles. The van der Waals surface area contributed by atoms with Crippen LogP contribution in [-0.4, -0.2) is 41.8 Å². The van der Waals surface area contributed by atoms with Crippen LogP contribution in [-0.2, 0) is 14.3 Å². The minimum Gasteiger partial charge on any atom is -0.480 e. The number of carboxylic acids is 1. The van der Waals surface area contributed by atoms with E-state index in [1.807, 2.05) is 48.5 Å². The number of nitrogens with one attached hydrogen (secondary N) is 2. The number of amides is 2. The van der Waals surface area contributed by atoms with Gasteiger partial charge in [-0.1, -0.05) is 54.6 Å². The van der Waals surface area contributed by atoms with Crippen LogP contribution in [0, 0.1) is 0 Å². The van der Waals surface area contributed by atoms with Crippen LogP contribution in [0.25, 0.3) is 11.1 Å². The maximum Gasteiger partial charge on any atom is 0.407 e. The van der Waals surface area contributed by atoms with Crippen molar-refractivity contribution >= 4 is 18.0 Å². The molecule has 0 bridgehead atoms. The quantitative estimate of drug-likeness (QED) is 0.537. The number of rotatable bonds is 9. The third-order valence-corrected chi connectivity index (χ3v) is 5.35. The Balaban J connectivity index is 1.57. The van der Waals surface area contributed by atoms with Gasteiger partial charge in [0.05, 0.1) is 0 Å². The van der Waals surface area contributed by atoms with Crippen molar-refractivity contribution < 1.29 is 24.2 Å². The van der Waals surface area contributed by atoms with Crippen molar-refractivity contribution in [1.82, 2.24) is 10.6 Å². The van der Waals surface area contributed by atoms with Crippen LogP contribution in [0.15, 0.2) is 61.2 Å².